The molecular formula is C24H19BrO7. The van der Waals surface area contributed by atoms with Crippen LogP contribution in [-0.2, 0) is 0 Å². The van der Waals surface area contributed by atoms with Gasteiger partial charge in [0.25, 0.3) is 0 Å². The third-order valence-electron chi connectivity index (χ3n) is 5.08. The van der Waals surface area contributed by atoms with E-state index in [1.807, 2.05) is 13.8 Å². The lowest BCUT2D eigenvalue weighted by Crippen LogP contribution is -2.16. The van der Waals surface area contributed by atoms with E-state index < -0.39 is 11.4 Å². The maximum atomic E-state index is 13.4. The van der Waals surface area contributed by atoms with Crippen molar-refractivity contribution in [3.8, 4) is 28.6 Å². The number of methoxy groups -OCH3 is 2. The number of carbonyl (C=O) groups is 1. The fourth-order valence-corrected chi connectivity index (χ4v) is 3.57. The van der Waals surface area contributed by atoms with Crippen molar-refractivity contribution in [2.24, 2.45) is 0 Å². The van der Waals surface area contributed by atoms with Crippen LogP contribution in [-0.4, -0.2) is 20.2 Å². The number of furan rings is 1. The molecule has 0 saturated heterocycles. The molecule has 32 heavy (non-hydrogen) atoms. The lowest BCUT2D eigenvalue weighted by atomic mass is 10.0. The summed E-state index contributed by atoms with van der Waals surface area (Å²) in [5.41, 5.74) is 2.25. The van der Waals surface area contributed by atoms with E-state index in [9.17, 15) is 9.59 Å². The Morgan fingerprint density at radius 2 is 1.62 bits per heavy atom. The molecule has 2 aromatic carbocycles. The molecule has 0 bridgehead atoms. The van der Waals surface area contributed by atoms with Crippen LogP contribution in [0.1, 0.15) is 21.7 Å². The van der Waals surface area contributed by atoms with Crippen molar-refractivity contribution in [3.05, 3.63) is 74.2 Å². The molecule has 2 aromatic heterocycles. The monoisotopic (exact) mass is 498 g/mol. The Morgan fingerprint density at radius 3 is 2.28 bits per heavy atom. The molecule has 0 N–H and O–H groups in total. The number of esters is 1. The molecule has 0 amide bonds. The highest BCUT2D eigenvalue weighted by atomic mass is 79.9. The Bertz CT molecular complexity index is 1400. The molecule has 7 nitrogen and oxygen atoms in total. The van der Waals surface area contributed by atoms with Crippen molar-refractivity contribution in [2.45, 2.75) is 13.8 Å². The first-order valence-corrected chi connectivity index (χ1v) is 10.4. The molecule has 4 rings (SSSR count). The van der Waals surface area contributed by atoms with E-state index in [0.29, 0.717) is 32.7 Å². The van der Waals surface area contributed by atoms with E-state index in [1.54, 1.807) is 36.4 Å². The molecule has 0 spiro atoms. The largest absolute Gasteiger partial charge is 0.493 e. The van der Waals surface area contributed by atoms with Crippen LogP contribution in [0.2, 0.25) is 0 Å². The minimum Gasteiger partial charge on any atom is -0.493 e. The number of aryl methyl sites for hydroxylation is 2. The zero-order valence-corrected chi connectivity index (χ0v) is 19.4. The topological polar surface area (TPSA) is 88.1 Å². The van der Waals surface area contributed by atoms with E-state index >= 15 is 0 Å². The van der Waals surface area contributed by atoms with Crippen molar-refractivity contribution in [3.63, 3.8) is 0 Å². The fourth-order valence-electron chi connectivity index (χ4n) is 3.26. The molecule has 8 heteroatoms. The molecule has 0 aliphatic rings. The predicted molar refractivity (Wildman–Crippen MR) is 122 cm³/mol. The van der Waals surface area contributed by atoms with Crippen molar-refractivity contribution < 1.29 is 27.8 Å². The lowest BCUT2D eigenvalue weighted by Gasteiger charge is -2.13. The SMILES string of the molecule is COc1ccc(-c2oc3cc(C)c(C)cc3c(=O)c2OC(=O)c2ccc(Br)o2)cc1OC. The molecule has 0 fully saturated rings. The Balaban J connectivity index is 1.95. The first-order valence-electron chi connectivity index (χ1n) is 9.60. The van der Waals surface area contributed by atoms with Gasteiger partial charge in [-0.2, -0.15) is 0 Å². The van der Waals surface area contributed by atoms with Crippen molar-refractivity contribution in [2.75, 3.05) is 14.2 Å². The Hall–Kier alpha value is -3.52. The highest BCUT2D eigenvalue weighted by Crippen LogP contribution is 2.37. The zero-order valence-electron chi connectivity index (χ0n) is 17.8. The number of hydrogen-bond acceptors (Lipinski definition) is 7. The lowest BCUT2D eigenvalue weighted by molar-refractivity contribution is 0.0696. The van der Waals surface area contributed by atoms with Gasteiger partial charge in [0.05, 0.1) is 19.6 Å². The standard InChI is InChI=1S/C24H19BrO7/c1-12-9-15-18(10-13(12)2)31-22(14-5-6-16(28-3)19(11-14)29-4)23(21(15)26)32-24(27)17-7-8-20(25)30-17/h5-11H,1-4H3. The van der Waals surface area contributed by atoms with Gasteiger partial charge in [-0.25, -0.2) is 4.79 Å². The molecule has 0 aliphatic heterocycles. The third-order valence-corrected chi connectivity index (χ3v) is 5.51. The zero-order chi connectivity index (χ0) is 23.0. The van der Waals surface area contributed by atoms with Gasteiger partial charge in [-0.1, -0.05) is 0 Å². The number of ether oxygens (including phenoxy) is 3. The van der Waals surface area contributed by atoms with Crippen LogP contribution < -0.4 is 19.6 Å². The average Bonchev–Trinajstić information content (AvgIpc) is 3.23. The van der Waals surface area contributed by atoms with E-state index in [-0.39, 0.29) is 17.3 Å². The summed E-state index contributed by atoms with van der Waals surface area (Å²) in [7, 11) is 3.02. The van der Waals surface area contributed by atoms with Crippen LogP contribution in [0.25, 0.3) is 22.3 Å². The highest BCUT2D eigenvalue weighted by molar-refractivity contribution is 9.10. The molecule has 0 aliphatic carbocycles. The molecule has 2 heterocycles. The van der Waals surface area contributed by atoms with Gasteiger partial charge < -0.3 is 23.0 Å². The summed E-state index contributed by atoms with van der Waals surface area (Å²) in [6, 6.07) is 11.5. The molecule has 0 saturated carbocycles. The van der Waals surface area contributed by atoms with Crippen LogP contribution >= 0.6 is 15.9 Å². The summed E-state index contributed by atoms with van der Waals surface area (Å²) in [5.74, 6) is -0.108. The fraction of sp³-hybridized carbons (Fsp3) is 0.167. The molecule has 0 unspecified atom stereocenters. The number of benzene rings is 2. The van der Waals surface area contributed by atoms with E-state index in [1.165, 1.54) is 20.3 Å². The van der Waals surface area contributed by atoms with Gasteiger partial charge in [-0.3, -0.25) is 4.79 Å². The molecular weight excluding hydrogens is 480 g/mol. The second-order valence-electron chi connectivity index (χ2n) is 7.09. The van der Waals surface area contributed by atoms with Gasteiger partial charge in [0.1, 0.15) is 5.58 Å². The van der Waals surface area contributed by atoms with E-state index in [2.05, 4.69) is 15.9 Å². The third kappa shape index (κ3) is 3.89. The maximum absolute atomic E-state index is 13.4. The van der Waals surface area contributed by atoms with E-state index in [4.69, 9.17) is 23.0 Å². The highest BCUT2D eigenvalue weighted by Gasteiger charge is 2.24. The van der Waals surface area contributed by atoms with Crippen LogP contribution in [0.4, 0.5) is 0 Å². The molecule has 4 aromatic rings. The van der Waals surface area contributed by atoms with E-state index in [0.717, 1.165) is 11.1 Å². The quantitative estimate of drug-likeness (QED) is 0.327. The second-order valence-corrected chi connectivity index (χ2v) is 7.87. The van der Waals surface area contributed by atoms with Crippen molar-refractivity contribution in [1.82, 2.24) is 0 Å². The number of fused-ring (bicyclic) bond motifs is 1. The predicted octanol–water partition coefficient (Wildman–Crippen LogP) is 5.67. The minimum absolute atomic E-state index is 0.0604. The summed E-state index contributed by atoms with van der Waals surface area (Å²) in [6.07, 6.45) is 0. The summed E-state index contributed by atoms with van der Waals surface area (Å²) in [6.45, 7) is 3.82. The Labute approximate surface area is 191 Å². The van der Waals surface area contributed by atoms with Gasteiger partial charge in [0.15, 0.2) is 21.9 Å². The van der Waals surface area contributed by atoms with Crippen molar-refractivity contribution in [1.29, 1.82) is 0 Å². The summed E-state index contributed by atoms with van der Waals surface area (Å²) in [4.78, 5) is 26.1. The van der Waals surface area contributed by atoms with Crippen LogP contribution in [0.5, 0.6) is 17.2 Å². The summed E-state index contributed by atoms with van der Waals surface area (Å²) < 4.78 is 27.9. The van der Waals surface area contributed by atoms with Gasteiger partial charge in [0, 0.05) is 5.56 Å². The number of carbonyl (C=O) groups excluding carboxylic acids is 1. The second kappa shape index (κ2) is 8.55. The maximum Gasteiger partial charge on any atom is 0.379 e. The number of rotatable bonds is 5. The Kier molecular flexibility index (Phi) is 5.80. The minimum atomic E-state index is -0.826. The van der Waals surface area contributed by atoms with Gasteiger partial charge in [0.2, 0.25) is 16.9 Å². The average molecular weight is 499 g/mol. The Morgan fingerprint density at radius 1 is 0.906 bits per heavy atom. The summed E-state index contributed by atoms with van der Waals surface area (Å²) in [5, 5.41) is 0.306. The van der Waals surface area contributed by atoms with Gasteiger partial charge in [-0.05, 0) is 83.4 Å². The van der Waals surface area contributed by atoms with Crippen molar-refractivity contribution >= 4 is 32.9 Å². The van der Waals surface area contributed by atoms with Gasteiger partial charge >= 0.3 is 5.97 Å². The molecule has 0 radical (unpaired) electrons. The smallest absolute Gasteiger partial charge is 0.379 e. The normalized spacial score (nSPS) is 10.9. The van der Waals surface area contributed by atoms with Crippen LogP contribution in [0, 0.1) is 13.8 Å². The molecule has 0 atom stereocenters. The number of halogens is 1. The van der Waals surface area contributed by atoms with Crippen LogP contribution in [0.15, 0.2) is 60.8 Å². The number of hydrogen-bond donors (Lipinski definition) is 0. The summed E-state index contributed by atoms with van der Waals surface area (Å²) >= 11 is 3.15. The molecule has 164 valence electrons. The first kappa shape index (κ1) is 21.7. The van der Waals surface area contributed by atoms with Gasteiger partial charge in [-0.15, -0.1) is 0 Å². The first-order chi connectivity index (χ1) is 15.3. The van der Waals surface area contributed by atoms with Crippen LogP contribution in [0.3, 0.4) is 0 Å².